The molecular weight excluding hydrogens is 447 g/mol. The molecule has 2 aromatic heterocycles. The van der Waals surface area contributed by atoms with Gasteiger partial charge in [0.15, 0.2) is 0 Å². The van der Waals surface area contributed by atoms with Crippen LogP contribution in [0.1, 0.15) is 41.3 Å². The van der Waals surface area contributed by atoms with E-state index >= 15 is 0 Å². The maximum atomic E-state index is 13.5. The third kappa shape index (κ3) is 4.37. The predicted octanol–water partition coefficient (Wildman–Crippen LogP) is 5.21. The Bertz CT molecular complexity index is 1350. The van der Waals surface area contributed by atoms with Crippen molar-refractivity contribution in [3.8, 4) is 28.7 Å². The van der Waals surface area contributed by atoms with Crippen LogP contribution in [-0.2, 0) is 11.3 Å². The predicted molar refractivity (Wildman–Crippen MR) is 130 cm³/mol. The van der Waals surface area contributed by atoms with E-state index < -0.39 is 0 Å². The number of aryl methyl sites for hydroxylation is 1. The van der Waals surface area contributed by atoms with Crippen LogP contribution >= 0.6 is 0 Å². The van der Waals surface area contributed by atoms with E-state index in [1.165, 1.54) is 12.1 Å². The molecule has 2 atom stereocenters. The Labute approximate surface area is 203 Å². The Kier molecular flexibility index (Phi) is 6.21. The second kappa shape index (κ2) is 9.46. The summed E-state index contributed by atoms with van der Waals surface area (Å²) >= 11 is 0. The van der Waals surface area contributed by atoms with Gasteiger partial charge in [0.2, 0.25) is 0 Å². The summed E-state index contributed by atoms with van der Waals surface area (Å²) < 4.78 is 32.6. The molecule has 0 N–H and O–H groups in total. The molecular formula is C27H27FN4O3. The van der Waals surface area contributed by atoms with Crippen molar-refractivity contribution in [3.05, 3.63) is 83.3 Å². The molecule has 0 radical (unpaired) electrons. The molecule has 3 heterocycles. The maximum Gasteiger partial charge on any atom is 0.316 e. The van der Waals surface area contributed by atoms with Gasteiger partial charge in [-0.05, 0) is 42.7 Å². The first-order valence-electron chi connectivity index (χ1n) is 11.5. The average molecular weight is 475 g/mol. The Morgan fingerprint density at radius 2 is 1.89 bits per heavy atom. The summed E-state index contributed by atoms with van der Waals surface area (Å²) in [6.07, 6.45) is 3.71. The molecule has 4 aromatic rings. The van der Waals surface area contributed by atoms with Crippen molar-refractivity contribution in [2.24, 2.45) is 0 Å². The number of nitrogens with zero attached hydrogens (tertiary/aromatic N) is 4. The normalized spacial score (nSPS) is 16.0. The number of halogens is 1. The van der Waals surface area contributed by atoms with Crippen LogP contribution in [0, 0.1) is 12.7 Å². The standard InChI is InChI=1S/C27H27FN4O3/c1-16-12-32(15-29-16)23-10-7-19(11-24(23)33-3)25-22-14-35-13-21(26(22)31-27(30-25)34-4)17(2)18-5-8-20(28)9-6-18/h5-12,15,17,21H,13-14H2,1-4H3. The minimum Gasteiger partial charge on any atom is -0.495 e. The van der Waals surface area contributed by atoms with E-state index in [9.17, 15) is 4.39 Å². The Balaban J connectivity index is 1.59. The van der Waals surface area contributed by atoms with E-state index in [0.717, 1.165) is 39.5 Å². The highest BCUT2D eigenvalue weighted by Gasteiger charge is 2.32. The minimum atomic E-state index is -0.254. The van der Waals surface area contributed by atoms with Gasteiger partial charge in [-0.2, -0.15) is 9.97 Å². The molecule has 5 rings (SSSR count). The molecule has 0 aliphatic carbocycles. The van der Waals surface area contributed by atoms with Gasteiger partial charge >= 0.3 is 6.01 Å². The zero-order valence-corrected chi connectivity index (χ0v) is 20.2. The molecule has 180 valence electrons. The van der Waals surface area contributed by atoms with Crippen molar-refractivity contribution >= 4 is 0 Å². The number of methoxy groups -OCH3 is 2. The van der Waals surface area contributed by atoms with Crippen molar-refractivity contribution in [2.45, 2.75) is 32.3 Å². The summed E-state index contributed by atoms with van der Waals surface area (Å²) in [6, 6.07) is 12.8. The summed E-state index contributed by atoms with van der Waals surface area (Å²) in [6.45, 7) is 4.95. The number of benzene rings is 2. The number of aromatic nitrogens is 4. The molecule has 0 saturated carbocycles. The van der Waals surface area contributed by atoms with Gasteiger partial charge in [0.1, 0.15) is 11.6 Å². The van der Waals surface area contributed by atoms with Crippen molar-refractivity contribution < 1.29 is 18.6 Å². The smallest absolute Gasteiger partial charge is 0.316 e. The number of fused-ring (bicyclic) bond motifs is 1. The van der Waals surface area contributed by atoms with E-state index in [1.807, 2.05) is 48.0 Å². The van der Waals surface area contributed by atoms with E-state index in [4.69, 9.17) is 24.2 Å². The lowest BCUT2D eigenvalue weighted by Gasteiger charge is -2.31. The zero-order chi connectivity index (χ0) is 24.5. The largest absolute Gasteiger partial charge is 0.495 e. The van der Waals surface area contributed by atoms with Crippen LogP contribution in [0.2, 0.25) is 0 Å². The van der Waals surface area contributed by atoms with Crippen LogP contribution in [0.4, 0.5) is 4.39 Å². The Morgan fingerprint density at radius 3 is 2.57 bits per heavy atom. The highest BCUT2D eigenvalue weighted by Crippen LogP contribution is 2.41. The van der Waals surface area contributed by atoms with Crippen LogP contribution < -0.4 is 9.47 Å². The molecule has 2 aromatic carbocycles. The number of rotatable bonds is 6. The number of hydrogen-bond donors (Lipinski definition) is 0. The topological polar surface area (TPSA) is 71.3 Å². The molecule has 1 aliphatic rings. The first kappa shape index (κ1) is 23.0. The monoisotopic (exact) mass is 474 g/mol. The summed E-state index contributed by atoms with van der Waals surface area (Å²) in [5, 5.41) is 0. The number of hydrogen-bond acceptors (Lipinski definition) is 6. The number of imidazole rings is 1. The molecule has 0 fully saturated rings. The van der Waals surface area contributed by atoms with Crippen molar-refractivity contribution in [3.63, 3.8) is 0 Å². The van der Waals surface area contributed by atoms with Crippen LogP contribution in [0.5, 0.6) is 11.8 Å². The fraction of sp³-hybridized carbons (Fsp3) is 0.296. The highest BCUT2D eigenvalue weighted by atomic mass is 19.1. The van der Waals surface area contributed by atoms with E-state index in [-0.39, 0.29) is 17.7 Å². The molecule has 2 unspecified atom stereocenters. The van der Waals surface area contributed by atoms with E-state index in [0.29, 0.717) is 25.0 Å². The summed E-state index contributed by atoms with van der Waals surface area (Å²) in [5.41, 5.74) is 6.25. The van der Waals surface area contributed by atoms with Gasteiger partial charge in [0.05, 0.1) is 56.5 Å². The summed E-state index contributed by atoms with van der Waals surface area (Å²) in [5.74, 6) is 0.466. The SMILES string of the molecule is COc1nc(-c2ccc(-n3cnc(C)c3)c(OC)c2)c2c(n1)C(C(C)c1ccc(F)cc1)COC2. The fourth-order valence-electron chi connectivity index (χ4n) is 4.60. The molecule has 0 spiro atoms. The average Bonchev–Trinajstić information content (AvgIpc) is 3.33. The second-order valence-corrected chi connectivity index (χ2v) is 8.69. The summed E-state index contributed by atoms with van der Waals surface area (Å²) in [7, 11) is 3.21. The van der Waals surface area contributed by atoms with E-state index in [2.05, 4.69) is 11.9 Å². The molecule has 0 amide bonds. The summed E-state index contributed by atoms with van der Waals surface area (Å²) in [4.78, 5) is 13.8. The molecule has 7 nitrogen and oxygen atoms in total. The molecule has 0 bridgehead atoms. The van der Waals surface area contributed by atoms with Gasteiger partial charge in [-0.15, -0.1) is 0 Å². The first-order valence-corrected chi connectivity index (χ1v) is 11.5. The maximum absolute atomic E-state index is 13.5. The van der Waals surface area contributed by atoms with Gasteiger partial charge in [-0.1, -0.05) is 25.1 Å². The van der Waals surface area contributed by atoms with Crippen LogP contribution in [0.3, 0.4) is 0 Å². The van der Waals surface area contributed by atoms with Gasteiger partial charge in [-0.25, -0.2) is 9.37 Å². The Hall–Kier alpha value is -3.78. The zero-order valence-electron chi connectivity index (χ0n) is 20.2. The third-order valence-corrected chi connectivity index (χ3v) is 6.54. The molecule has 0 saturated heterocycles. The molecule has 1 aliphatic heterocycles. The molecule has 8 heteroatoms. The fourth-order valence-corrected chi connectivity index (χ4v) is 4.60. The van der Waals surface area contributed by atoms with Gasteiger partial charge in [-0.3, -0.25) is 0 Å². The second-order valence-electron chi connectivity index (χ2n) is 8.69. The van der Waals surface area contributed by atoms with E-state index in [1.54, 1.807) is 20.5 Å². The van der Waals surface area contributed by atoms with Crippen LogP contribution in [0.15, 0.2) is 55.0 Å². The van der Waals surface area contributed by atoms with Gasteiger partial charge in [0, 0.05) is 23.2 Å². The van der Waals surface area contributed by atoms with Crippen molar-refractivity contribution in [1.29, 1.82) is 0 Å². The third-order valence-electron chi connectivity index (χ3n) is 6.54. The minimum absolute atomic E-state index is 0.0325. The quantitative estimate of drug-likeness (QED) is 0.382. The highest BCUT2D eigenvalue weighted by molar-refractivity contribution is 5.69. The lowest BCUT2D eigenvalue weighted by Crippen LogP contribution is -2.24. The Morgan fingerprint density at radius 1 is 1.09 bits per heavy atom. The van der Waals surface area contributed by atoms with Crippen LogP contribution in [0.25, 0.3) is 16.9 Å². The van der Waals surface area contributed by atoms with Crippen molar-refractivity contribution in [1.82, 2.24) is 19.5 Å². The van der Waals surface area contributed by atoms with Crippen molar-refractivity contribution in [2.75, 3.05) is 20.8 Å². The van der Waals surface area contributed by atoms with Gasteiger partial charge in [0.25, 0.3) is 0 Å². The molecule has 35 heavy (non-hydrogen) atoms. The lowest BCUT2D eigenvalue weighted by molar-refractivity contribution is 0.0827. The first-order chi connectivity index (χ1) is 17.0. The van der Waals surface area contributed by atoms with Crippen LogP contribution in [-0.4, -0.2) is 40.3 Å². The van der Waals surface area contributed by atoms with Gasteiger partial charge < -0.3 is 18.8 Å². The lowest BCUT2D eigenvalue weighted by atomic mass is 9.82. The number of ether oxygens (including phenoxy) is 3.